The van der Waals surface area contributed by atoms with Crippen LogP contribution >= 0.6 is 0 Å². The Labute approximate surface area is 404 Å². The molecule has 12 aromatic carbocycles. The summed E-state index contributed by atoms with van der Waals surface area (Å²) in [6.07, 6.45) is 0. The van der Waals surface area contributed by atoms with Crippen LogP contribution in [0.5, 0.6) is 0 Å². The van der Waals surface area contributed by atoms with E-state index in [1.54, 1.807) is 0 Å². The number of fused-ring (bicyclic) bond motifs is 6. The largest absolute Gasteiger partial charge is 0.455 e. The fraction of sp³-hybridized carbons (Fsp3) is 0.0303. The Morgan fingerprint density at radius 3 is 1.14 bits per heavy atom. The van der Waals surface area contributed by atoms with E-state index < -0.39 is 0 Å². The number of hydrogen-bond acceptors (Lipinski definition) is 4. The molecule has 0 unspecified atom stereocenters. The van der Waals surface area contributed by atoms with Gasteiger partial charge in [0, 0.05) is 66.2 Å². The number of para-hydroxylation sites is 4. The first kappa shape index (κ1) is 40.0. The molecule has 0 aliphatic rings. The van der Waals surface area contributed by atoms with Crippen molar-refractivity contribution >= 4 is 110 Å². The van der Waals surface area contributed by atoms with E-state index in [0.29, 0.717) is 0 Å². The quantitative estimate of drug-likeness (QED) is 0.142. The van der Waals surface area contributed by atoms with E-state index in [1.165, 1.54) is 43.4 Å². The molecule has 0 amide bonds. The zero-order valence-corrected chi connectivity index (χ0v) is 38.7. The number of aryl methyl sites for hydroxylation is 2. The third-order valence-corrected chi connectivity index (χ3v) is 14.3. The number of benzene rings is 12. The maximum atomic E-state index is 6.48. The van der Waals surface area contributed by atoms with Crippen LogP contribution in [-0.4, -0.2) is 0 Å². The Bertz CT molecular complexity index is 4050. The van der Waals surface area contributed by atoms with Gasteiger partial charge in [0.25, 0.3) is 0 Å². The highest BCUT2D eigenvalue weighted by Crippen LogP contribution is 2.48. The average Bonchev–Trinajstić information content (AvgIpc) is 3.98. The van der Waals surface area contributed by atoms with Crippen molar-refractivity contribution in [3.8, 4) is 22.3 Å². The Kier molecular flexibility index (Phi) is 8.99. The molecule has 14 aromatic rings. The second-order valence-corrected chi connectivity index (χ2v) is 18.6. The molecule has 0 saturated carbocycles. The van der Waals surface area contributed by atoms with Gasteiger partial charge in [0.1, 0.15) is 22.3 Å². The highest BCUT2D eigenvalue weighted by molar-refractivity contribution is 6.28. The lowest BCUT2D eigenvalue weighted by molar-refractivity contribution is 0.669. The van der Waals surface area contributed by atoms with Gasteiger partial charge in [-0.3, -0.25) is 0 Å². The summed E-state index contributed by atoms with van der Waals surface area (Å²) in [7, 11) is 0. The van der Waals surface area contributed by atoms with E-state index in [1.807, 2.05) is 24.3 Å². The third kappa shape index (κ3) is 6.30. The second kappa shape index (κ2) is 15.7. The summed E-state index contributed by atoms with van der Waals surface area (Å²) in [5.74, 6) is 0. The van der Waals surface area contributed by atoms with Crippen LogP contribution in [-0.2, 0) is 0 Å². The maximum Gasteiger partial charge on any atom is 0.143 e. The molecule has 0 atom stereocenters. The van der Waals surface area contributed by atoms with Crippen molar-refractivity contribution < 1.29 is 8.83 Å². The molecule has 0 spiro atoms. The van der Waals surface area contributed by atoms with Gasteiger partial charge in [0.2, 0.25) is 0 Å². The summed E-state index contributed by atoms with van der Waals surface area (Å²) in [5.41, 5.74) is 17.0. The molecule has 0 aliphatic heterocycles. The molecular formula is C66H44N2O2. The highest BCUT2D eigenvalue weighted by atomic mass is 16.3. The number of nitrogens with zero attached hydrogens (tertiary/aromatic N) is 2. The van der Waals surface area contributed by atoms with E-state index >= 15 is 0 Å². The van der Waals surface area contributed by atoms with Crippen LogP contribution in [0.25, 0.3) is 98.4 Å². The first-order chi connectivity index (χ1) is 34.5. The first-order valence-corrected chi connectivity index (χ1v) is 24.0. The minimum atomic E-state index is 0.902. The van der Waals surface area contributed by atoms with Crippen molar-refractivity contribution in [1.82, 2.24) is 0 Å². The van der Waals surface area contributed by atoms with Gasteiger partial charge in [0.15, 0.2) is 0 Å². The van der Waals surface area contributed by atoms with E-state index in [4.69, 9.17) is 8.83 Å². The molecule has 0 saturated heterocycles. The number of rotatable bonds is 8. The Balaban J connectivity index is 0.914. The number of hydrogen-bond donors (Lipinski definition) is 0. The van der Waals surface area contributed by atoms with Crippen molar-refractivity contribution in [3.63, 3.8) is 0 Å². The van der Waals surface area contributed by atoms with Gasteiger partial charge in [-0.2, -0.15) is 0 Å². The number of anilines is 6. The molecule has 70 heavy (non-hydrogen) atoms. The van der Waals surface area contributed by atoms with Crippen LogP contribution in [0.1, 0.15) is 11.1 Å². The van der Waals surface area contributed by atoms with Gasteiger partial charge in [-0.1, -0.05) is 158 Å². The smallest absolute Gasteiger partial charge is 0.143 e. The fourth-order valence-corrected chi connectivity index (χ4v) is 11.1. The summed E-state index contributed by atoms with van der Waals surface area (Å²) >= 11 is 0. The molecule has 0 radical (unpaired) electrons. The van der Waals surface area contributed by atoms with Gasteiger partial charge in [0.05, 0.1) is 11.4 Å². The van der Waals surface area contributed by atoms with Crippen LogP contribution in [0.4, 0.5) is 34.1 Å². The van der Waals surface area contributed by atoms with Crippen LogP contribution in [0.2, 0.25) is 0 Å². The molecular weight excluding hydrogens is 853 g/mol. The van der Waals surface area contributed by atoms with Gasteiger partial charge >= 0.3 is 0 Å². The SMILES string of the molecule is Cc1cccc(N(c2ccc(-c3cccc4c3oc3ccccc34)cc2)c2ccc3ccc4c(N(c5ccc(-c6cccc7c6oc6ccccc67)cc5)c5cccc(C)c5)ccc5ccc2c3c54)c1. The van der Waals surface area contributed by atoms with Gasteiger partial charge < -0.3 is 18.6 Å². The summed E-state index contributed by atoms with van der Waals surface area (Å²) in [6, 6.07) is 83.4. The molecule has 0 bridgehead atoms. The molecule has 2 aromatic heterocycles. The van der Waals surface area contributed by atoms with Crippen molar-refractivity contribution in [2.75, 3.05) is 9.80 Å². The monoisotopic (exact) mass is 896 g/mol. The van der Waals surface area contributed by atoms with Gasteiger partial charge in [-0.25, -0.2) is 0 Å². The lowest BCUT2D eigenvalue weighted by Gasteiger charge is -2.29. The van der Waals surface area contributed by atoms with Crippen molar-refractivity contribution in [1.29, 1.82) is 0 Å². The molecule has 2 heterocycles. The topological polar surface area (TPSA) is 32.8 Å². The fourth-order valence-electron chi connectivity index (χ4n) is 11.1. The van der Waals surface area contributed by atoms with Crippen LogP contribution in [0.15, 0.2) is 239 Å². The van der Waals surface area contributed by atoms with Crippen LogP contribution in [0.3, 0.4) is 0 Å². The first-order valence-electron chi connectivity index (χ1n) is 24.0. The zero-order chi connectivity index (χ0) is 46.5. The van der Waals surface area contributed by atoms with Gasteiger partial charge in [-0.05, 0) is 130 Å². The summed E-state index contributed by atoms with van der Waals surface area (Å²) < 4.78 is 13.0. The lowest BCUT2D eigenvalue weighted by Crippen LogP contribution is -2.11. The van der Waals surface area contributed by atoms with E-state index in [0.717, 1.165) is 100 Å². The molecule has 0 aliphatic carbocycles. The molecule has 0 fully saturated rings. The normalized spacial score (nSPS) is 11.9. The summed E-state index contributed by atoms with van der Waals surface area (Å²) in [5, 5.41) is 11.8. The third-order valence-electron chi connectivity index (χ3n) is 14.3. The van der Waals surface area contributed by atoms with E-state index in [2.05, 4.69) is 230 Å². The van der Waals surface area contributed by atoms with Crippen molar-refractivity contribution in [2.24, 2.45) is 0 Å². The zero-order valence-electron chi connectivity index (χ0n) is 38.7. The van der Waals surface area contributed by atoms with Crippen molar-refractivity contribution in [2.45, 2.75) is 13.8 Å². The predicted octanol–water partition coefficient (Wildman–Crippen LogP) is 19.3. The molecule has 4 nitrogen and oxygen atoms in total. The Hall–Kier alpha value is -9.12. The van der Waals surface area contributed by atoms with E-state index in [9.17, 15) is 0 Å². The van der Waals surface area contributed by atoms with Crippen LogP contribution < -0.4 is 9.80 Å². The average molecular weight is 897 g/mol. The predicted molar refractivity (Wildman–Crippen MR) is 294 cm³/mol. The number of furan rings is 2. The maximum absolute atomic E-state index is 6.48. The van der Waals surface area contributed by atoms with Crippen LogP contribution in [0, 0.1) is 13.8 Å². The highest BCUT2D eigenvalue weighted by Gasteiger charge is 2.23. The molecule has 4 heteroatoms. The molecule has 0 N–H and O–H groups in total. The molecule has 330 valence electrons. The Morgan fingerprint density at radius 1 is 0.300 bits per heavy atom. The molecule has 14 rings (SSSR count). The Morgan fingerprint density at radius 2 is 0.700 bits per heavy atom. The van der Waals surface area contributed by atoms with Crippen molar-refractivity contribution in [3.05, 3.63) is 242 Å². The van der Waals surface area contributed by atoms with Gasteiger partial charge in [-0.15, -0.1) is 0 Å². The summed E-state index contributed by atoms with van der Waals surface area (Å²) in [4.78, 5) is 4.83. The second-order valence-electron chi connectivity index (χ2n) is 18.6. The summed E-state index contributed by atoms with van der Waals surface area (Å²) in [6.45, 7) is 4.33. The minimum absolute atomic E-state index is 0.902. The van der Waals surface area contributed by atoms with E-state index in [-0.39, 0.29) is 0 Å². The minimum Gasteiger partial charge on any atom is -0.455 e. The lowest BCUT2D eigenvalue weighted by atomic mass is 9.91. The standard InChI is InChI=1S/C66H44N2O2/c1-41-11-7-13-49(39-41)67(47-31-23-43(24-32-47)51-17-9-19-55-53-15-3-5-21-61(53)69-65(51)55)59-37-29-45-28-36-58-60(38-30-46-27-35-57(59)63(45)64(46)58)68(50-14-8-12-42(2)40-50)48-33-25-44(26-34-48)52-18-10-20-56-54-16-4-6-22-62(54)70-66(52)56/h3-40H,1-2H3.